The lowest BCUT2D eigenvalue weighted by Crippen LogP contribution is -2.18. The fraction of sp³-hybridized carbons (Fsp3) is 0.250. The van der Waals surface area contributed by atoms with Crippen LogP contribution in [0.5, 0.6) is 5.75 Å². The highest BCUT2D eigenvalue weighted by Crippen LogP contribution is 2.41. The highest BCUT2D eigenvalue weighted by Gasteiger charge is 2.35. The third-order valence-corrected chi connectivity index (χ3v) is 2.31. The van der Waals surface area contributed by atoms with E-state index in [2.05, 4.69) is 4.74 Å². The Morgan fingerprint density at radius 2 is 1.74 bits per heavy atom. The Labute approximate surface area is 105 Å². The van der Waals surface area contributed by atoms with Crippen molar-refractivity contribution >= 4 is 17.4 Å². The predicted molar refractivity (Wildman–Crippen MR) is 51.7 cm³/mol. The van der Waals surface area contributed by atoms with Gasteiger partial charge in [0.2, 0.25) is 5.75 Å². The fourth-order valence-electron chi connectivity index (χ4n) is 1.05. The van der Waals surface area contributed by atoms with Crippen LogP contribution in [-0.2, 0) is 0 Å². The highest BCUT2D eigenvalue weighted by molar-refractivity contribution is 8.00. The maximum atomic E-state index is 12.0. The van der Waals surface area contributed by atoms with Crippen LogP contribution < -0.4 is 4.74 Å². The molecule has 0 aliphatic rings. The Morgan fingerprint density at radius 1 is 1.16 bits per heavy atom. The quantitative estimate of drug-likeness (QED) is 0.365. The fourth-order valence-corrected chi connectivity index (χ4v) is 1.62. The van der Waals surface area contributed by atoms with Gasteiger partial charge < -0.3 is 4.74 Å². The number of nitro benzene ring substituents is 1. The molecule has 19 heavy (non-hydrogen) atoms. The zero-order valence-corrected chi connectivity index (χ0v) is 9.40. The van der Waals surface area contributed by atoms with Crippen LogP contribution in [0, 0.1) is 10.1 Å². The van der Waals surface area contributed by atoms with Crippen LogP contribution in [0.15, 0.2) is 23.1 Å². The summed E-state index contributed by atoms with van der Waals surface area (Å²) in [7, 11) is 0. The van der Waals surface area contributed by atoms with E-state index in [-0.39, 0.29) is 0 Å². The molecule has 11 heteroatoms. The summed E-state index contributed by atoms with van der Waals surface area (Å²) in [6.45, 7) is 0. The van der Waals surface area contributed by atoms with Crippen LogP contribution in [0.1, 0.15) is 0 Å². The van der Waals surface area contributed by atoms with E-state index in [0.29, 0.717) is 18.2 Å². The molecular formula is C8H3F6NO3S. The summed E-state index contributed by atoms with van der Waals surface area (Å²) in [6, 6.07) is 1.46. The molecule has 0 amide bonds. The Morgan fingerprint density at radius 3 is 2.16 bits per heavy atom. The third kappa shape index (κ3) is 5.24. The van der Waals surface area contributed by atoms with Gasteiger partial charge in [0.05, 0.1) is 4.92 Å². The topological polar surface area (TPSA) is 52.4 Å². The van der Waals surface area contributed by atoms with E-state index in [1.165, 1.54) is 0 Å². The van der Waals surface area contributed by atoms with E-state index < -0.39 is 44.9 Å². The average molecular weight is 307 g/mol. The Bertz CT molecular complexity index is 486. The Kier molecular flexibility index (Phi) is 4.18. The first kappa shape index (κ1) is 15.4. The normalized spacial score (nSPS) is 12.3. The Hall–Kier alpha value is -1.65. The number of rotatable bonds is 3. The van der Waals surface area contributed by atoms with Gasteiger partial charge in [0.25, 0.3) is 0 Å². The summed E-state index contributed by atoms with van der Waals surface area (Å²) < 4.78 is 75.2. The van der Waals surface area contributed by atoms with Crippen LogP contribution in [-0.4, -0.2) is 16.8 Å². The van der Waals surface area contributed by atoms with E-state index in [4.69, 9.17) is 0 Å². The molecule has 0 heterocycles. The smallest absolute Gasteiger partial charge is 0.398 e. The standard InChI is InChI=1S/C8H3F6NO3S/c9-7(10,11)18-6-2-1-4(19-8(12,13)14)3-5(6)15(16)17/h1-3H. The third-order valence-electron chi connectivity index (χ3n) is 1.59. The number of nitrogens with zero attached hydrogens (tertiary/aromatic N) is 1. The van der Waals surface area contributed by atoms with Crippen molar-refractivity contribution in [1.82, 2.24) is 0 Å². The van der Waals surface area contributed by atoms with Crippen LogP contribution in [0.25, 0.3) is 0 Å². The summed E-state index contributed by atoms with van der Waals surface area (Å²) in [6.07, 6.45) is -5.18. The summed E-state index contributed by atoms with van der Waals surface area (Å²) in [5.74, 6) is -1.18. The molecule has 1 aromatic carbocycles. The molecule has 0 aliphatic carbocycles. The summed E-state index contributed by atoms with van der Waals surface area (Å²) in [4.78, 5) is 8.61. The van der Waals surface area contributed by atoms with E-state index in [1.807, 2.05) is 0 Å². The van der Waals surface area contributed by atoms with Crippen molar-refractivity contribution in [3.63, 3.8) is 0 Å². The van der Waals surface area contributed by atoms with Crippen molar-refractivity contribution in [1.29, 1.82) is 0 Å². The molecule has 0 fully saturated rings. The van der Waals surface area contributed by atoms with Gasteiger partial charge in [-0.3, -0.25) is 10.1 Å². The van der Waals surface area contributed by atoms with E-state index in [9.17, 15) is 36.5 Å². The van der Waals surface area contributed by atoms with E-state index in [1.54, 1.807) is 0 Å². The molecule has 0 saturated carbocycles. The van der Waals surface area contributed by atoms with Crippen molar-refractivity contribution < 1.29 is 36.0 Å². The minimum atomic E-state index is -5.18. The molecule has 106 valence electrons. The lowest BCUT2D eigenvalue weighted by atomic mass is 10.3. The first-order valence-electron chi connectivity index (χ1n) is 4.28. The van der Waals surface area contributed by atoms with Crippen LogP contribution in [0.2, 0.25) is 0 Å². The van der Waals surface area contributed by atoms with E-state index >= 15 is 0 Å². The van der Waals surface area contributed by atoms with Crippen molar-refractivity contribution in [3.8, 4) is 5.75 Å². The van der Waals surface area contributed by atoms with Gasteiger partial charge in [-0.25, -0.2) is 0 Å². The molecule has 0 N–H and O–H groups in total. The maximum Gasteiger partial charge on any atom is 0.573 e. The van der Waals surface area contributed by atoms with Gasteiger partial charge in [0.1, 0.15) is 0 Å². The molecule has 0 aromatic heterocycles. The largest absolute Gasteiger partial charge is 0.573 e. The molecule has 0 saturated heterocycles. The van der Waals surface area contributed by atoms with Gasteiger partial charge in [0, 0.05) is 11.0 Å². The lowest BCUT2D eigenvalue weighted by molar-refractivity contribution is -0.388. The van der Waals surface area contributed by atoms with Gasteiger partial charge in [0.15, 0.2) is 0 Å². The first-order valence-corrected chi connectivity index (χ1v) is 5.09. The first-order chi connectivity index (χ1) is 8.48. The van der Waals surface area contributed by atoms with Gasteiger partial charge >= 0.3 is 17.6 Å². The van der Waals surface area contributed by atoms with Gasteiger partial charge in [-0.2, -0.15) is 13.2 Å². The number of thioether (sulfide) groups is 1. The second-order valence-corrected chi connectivity index (χ2v) is 4.12. The molecule has 1 aromatic rings. The molecular weight excluding hydrogens is 304 g/mol. The van der Waals surface area contributed by atoms with Crippen LogP contribution >= 0.6 is 11.8 Å². The van der Waals surface area contributed by atoms with Crippen molar-refractivity contribution in [2.45, 2.75) is 16.8 Å². The summed E-state index contributed by atoms with van der Waals surface area (Å²) in [5, 5.41) is 10.5. The zero-order chi connectivity index (χ0) is 14.8. The number of ether oxygens (including phenoxy) is 1. The lowest BCUT2D eigenvalue weighted by Gasteiger charge is -2.10. The number of hydrogen-bond donors (Lipinski definition) is 0. The minimum Gasteiger partial charge on any atom is -0.398 e. The number of benzene rings is 1. The number of hydrogen-bond acceptors (Lipinski definition) is 4. The SMILES string of the molecule is O=[N+]([O-])c1cc(SC(F)(F)F)ccc1OC(F)(F)F. The van der Waals surface area contributed by atoms with Crippen LogP contribution in [0.3, 0.4) is 0 Å². The molecule has 4 nitrogen and oxygen atoms in total. The maximum absolute atomic E-state index is 12.0. The molecule has 0 bridgehead atoms. The van der Waals surface area contributed by atoms with Crippen molar-refractivity contribution in [3.05, 3.63) is 28.3 Å². The Balaban J connectivity index is 3.12. The highest BCUT2D eigenvalue weighted by atomic mass is 32.2. The van der Waals surface area contributed by atoms with Crippen molar-refractivity contribution in [2.24, 2.45) is 0 Å². The molecule has 0 aliphatic heterocycles. The number of alkyl halides is 6. The molecule has 0 unspecified atom stereocenters. The molecule has 0 radical (unpaired) electrons. The van der Waals surface area contributed by atoms with Gasteiger partial charge in [-0.05, 0) is 23.9 Å². The summed E-state index contributed by atoms with van der Waals surface area (Å²) in [5.41, 5.74) is -5.91. The summed E-state index contributed by atoms with van der Waals surface area (Å²) >= 11 is -0.682. The predicted octanol–water partition coefficient (Wildman–Crippen LogP) is 4.11. The monoisotopic (exact) mass is 307 g/mol. The average Bonchev–Trinajstić information content (AvgIpc) is 2.15. The molecule has 1 rings (SSSR count). The molecule has 0 spiro atoms. The number of halogens is 6. The molecule has 0 atom stereocenters. The van der Waals surface area contributed by atoms with Gasteiger partial charge in [-0.15, -0.1) is 13.2 Å². The van der Waals surface area contributed by atoms with E-state index in [0.717, 1.165) is 0 Å². The van der Waals surface area contributed by atoms with Gasteiger partial charge in [-0.1, -0.05) is 0 Å². The second kappa shape index (κ2) is 5.15. The minimum absolute atomic E-state index is 0.360. The zero-order valence-electron chi connectivity index (χ0n) is 8.58. The second-order valence-electron chi connectivity index (χ2n) is 2.98. The van der Waals surface area contributed by atoms with Crippen molar-refractivity contribution in [2.75, 3.05) is 0 Å². The number of nitro groups is 1. The van der Waals surface area contributed by atoms with Crippen LogP contribution in [0.4, 0.5) is 32.0 Å².